The van der Waals surface area contributed by atoms with E-state index in [4.69, 9.17) is 5.11 Å². The molecule has 0 amide bonds. The molecule has 0 aromatic heterocycles. The minimum atomic E-state index is -3.96. The maximum atomic E-state index is 12.0. The van der Waals surface area contributed by atoms with Gasteiger partial charge >= 0.3 is 11.9 Å². The van der Waals surface area contributed by atoms with Crippen molar-refractivity contribution in [1.29, 1.82) is 0 Å². The van der Waals surface area contributed by atoms with E-state index in [0.29, 0.717) is 5.56 Å². The van der Waals surface area contributed by atoms with Crippen molar-refractivity contribution in [2.24, 2.45) is 0 Å². The number of methoxy groups -OCH3 is 1. The maximum absolute atomic E-state index is 12.0. The van der Waals surface area contributed by atoms with E-state index in [9.17, 15) is 18.0 Å². The Morgan fingerprint density at radius 3 is 2.40 bits per heavy atom. The first kappa shape index (κ1) is 16.1. The van der Waals surface area contributed by atoms with E-state index in [0.717, 1.165) is 0 Å². The minimum Gasteiger partial charge on any atom is -0.480 e. The number of rotatable bonds is 5. The van der Waals surface area contributed by atoms with Crippen LogP contribution in [0, 0.1) is 6.92 Å². The zero-order valence-electron chi connectivity index (χ0n) is 11.2. The highest BCUT2D eigenvalue weighted by atomic mass is 32.2. The van der Waals surface area contributed by atoms with Crippen LogP contribution in [0.2, 0.25) is 0 Å². The molecule has 0 aliphatic heterocycles. The first-order chi connectivity index (χ1) is 9.19. The topological polar surface area (TPSA) is 110 Å². The molecule has 0 radical (unpaired) electrons. The summed E-state index contributed by atoms with van der Waals surface area (Å²) in [6, 6.07) is 2.57. The first-order valence-corrected chi connectivity index (χ1v) is 7.11. The Morgan fingerprint density at radius 1 is 1.35 bits per heavy atom. The van der Waals surface area contributed by atoms with Crippen molar-refractivity contribution in [1.82, 2.24) is 4.72 Å². The molecule has 7 nitrogen and oxygen atoms in total. The number of hydrogen-bond acceptors (Lipinski definition) is 5. The number of ether oxygens (including phenoxy) is 1. The molecule has 0 aliphatic rings. The lowest BCUT2D eigenvalue weighted by molar-refractivity contribution is -0.138. The van der Waals surface area contributed by atoms with Gasteiger partial charge in [-0.2, -0.15) is 4.72 Å². The second kappa shape index (κ2) is 6.02. The molecule has 0 saturated carbocycles. The van der Waals surface area contributed by atoms with Crippen molar-refractivity contribution in [3.8, 4) is 0 Å². The summed E-state index contributed by atoms with van der Waals surface area (Å²) < 4.78 is 30.5. The number of aryl methyl sites for hydroxylation is 1. The predicted molar refractivity (Wildman–Crippen MR) is 69.9 cm³/mol. The molecule has 1 aromatic rings. The van der Waals surface area contributed by atoms with Gasteiger partial charge < -0.3 is 9.84 Å². The number of nitrogens with one attached hydrogen (secondary N) is 1. The fourth-order valence-electron chi connectivity index (χ4n) is 1.49. The minimum absolute atomic E-state index is 0.115. The second-order valence-corrected chi connectivity index (χ2v) is 5.86. The van der Waals surface area contributed by atoms with E-state index >= 15 is 0 Å². The number of carbonyl (C=O) groups is 2. The number of carboxylic acid groups (broad SMARTS) is 1. The second-order valence-electron chi connectivity index (χ2n) is 4.15. The molecule has 0 aliphatic carbocycles. The standard InChI is InChI=1S/C12H15NO6S/c1-7-6-9(4-5-10(7)12(16)19-3)20(17,18)13-8(2)11(14)15/h4-6,8,13H,1-3H3,(H,14,15)/t8-/m1/s1. The van der Waals surface area contributed by atoms with Gasteiger partial charge in [0.25, 0.3) is 0 Å². The molecule has 0 heterocycles. The van der Waals surface area contributed by atoms with Gasteiger partial charge in [0, 0.05) is 0 Å². The molecule has 0 saturated heterocycles. The number of esters is 1. The van der Waals surface area contributed by atoms with Crippen LogP contribution in [0.4, 0.5) is 0 Å². The smallest absolute Gasteiger partial charge is 0.338 e. The molecule has 0 bridgehead atoms. The van der Waals surface area contributed by atoms with Gasteiger partial charge in [-0.05, 0) is 37.6 Å². The van der Waals surface area contributed by atoms with E-state index in [-0.39, 0.29) is 10.5 Å². The fourth-order valence-corrected chi connectivity index (χ4v) is 2.77. The quantitative estimate of drug-likeness (QED) is 0.768. The zero-order chi connectivity index (χ0) is 15.5. The van der Waals surface area contributed by atoms with Crippen molar-refractivity contribution >= 4 is 22.0 Å². The van der Waals surface area contributed by atoms with Crippen LogP contribution in [0.3, 0.4) is 0 Å². The number of carboxylic acids is 1. The zero-order valence-corrected chi connectivity index (χ0v) is 12.0. The Kier molecular flexibility index (Phi) is 4.85. The number of benzene rings is 1. The number of sulfonamides is 1. The summed E-state index contributed by atoms with van der Waals surface area (Å²) in [6.07, 6.45) is 0. The summed E-state index contributed by atoms with van der Waals surface area (Å²) in [5, 5.41) is 8.71. The van der Waals surface area contributed by atoms with Crippen LogP contribution < -0.4 is 4.72 Å². The van der Waals surface area contributed by atoms with Gasteiger partial charge in [-0.15, -0.1) is 0 Å². The highest BCUT2D eigenvalue weighted by Crippen LogP contribution is 2.16. The molecule has 8 heteroatoms. The average molecular weight is 301 g/mol. The lowest BCUT2D eigenvalue weighted by atomic mass is 10.1. The molecule has 0 spiro atoms. The molecular weight excluding hydrogens is 286 g/mol. The lowest BCUT2D eigenvalue weighted by Gasteiger charge is -2.11. The van der Waals surface area contributed by atoms with Crippen LogP contribution in [0.1, 0.15) is 22.8 Å². The SMILES string of the molecule is COC(=O)c1ccc(S(=O)(=O)N[C@H](C)C(=O)O)cc1C. The van der Waals surface area contributed by atoms with Gasteiger partial charge in [0.05, 0.1) is 17.6 Å². The Hall–Kier alpha value is -1.93. The Bertz CT molecular complexity index is 637. The van der Waals surface area contributed by atoms with Crippen LogP contribution in [0.25, 0.3) is 0 Å². The average Bonchev–Trinajstić information content (AvgIpc) is 2.37. The molecule has 1 atom stereocenters. The largest absolute Gasteiger partial charge is 0.480 e. The van der Waals surface area contributed by atoms with Gasteiger partial charge in [0.1, 0.15) is 6.04 Å². The normalized spacial score (nSPS) is 12.8. The van der Waals surface area contributed by atoms with Crippen molar-refractivity contribution in [3.63, 3.8) is 0 Å². The van der Waals surface area contributed by atoms with Gasteiger partial charge in [0.2, 0.25) is 10.0 Å². The summed E-state index contributed by atoms with van der Waals surface area (Å²) in [4.78, 5) is 22.0. The van der Waals surface area contributed by atoms with Crippen LogP contribution in [-0.2, 0) is 19.6 Å². The van der Waals surface area contributed by atoms with Crippen molar-refractivity contribution in [2.75, 3.05) is 7.11 Å². The molecule has 110 valence electrons. The number of aliphatic carboxylic acids is 1. The van der Waals surface area contributed by atoms with Crippen LogP contribution in [0.5, 0.6) is 0 Å². The van der Waals surface area contributed by atoms with E-state index < -0.39 is 28.0 Å². The third kappa shape index (κ3) is 3.55. The third-order valence-electron chi connectivity index (χ3n) is 2.62. The molecule has 20 heavy (non-hydrogen) atoms. The van der Waals surface area contributed by atoms with Crippen LogP contribution >= 0.6 is 0 Å². The molecule has 1 rings (SSSR count). The van der Waals surface area contributed by atoms with E-state index in [1.54, 1.807) is 6.92 Å². The van der Waals surface area contributed by atoms with Crippen LogP contribution in [-0.4, -0.2) is 38.6 Å². The van der Waals surface area contributed by atoms with Gasteiger partial charge in [0.15, 0.2) is 0 Å². The highest BCUT2D eigenvalue weighted by molar-refractivity contribution is 7.89. The number of hydrogen-bond donors (Lipinski definition) is 2. The molecule has 0 unspecified atom stereocenters. The summed E-state index contributed by atoms with van der Waals surface area (Å²) >= 11 is 0. The summed E-state index contributed by atoms with van der Waals surface area (Å²) in [7, 11) is -2.73. The van der Waals surface area contributed by atoms with Gasteiger partial charge in [-0.3, -0.25) is 4.79 Å². The maximum Gasteiger partial charge on any atom is 0.338 e. The van der Waals surface area contributed by atoms with E-state index in [1.807, 2.05) is 4.72 Å². The summed E-state index contributed by atoms with van der Waals surface area (Å²) in [5.74, 6) is -1.85. The molecule has 0 fully saturated rings. The Labute approximate surface area is 116 Å². The predicted octanol–water partition coefficient (Wildman–Crippen LogP) is 0.533. The highest BCUT2D eigenvalue weighted by Gasteiger charge is 2.22. The molecule has 2 N–H and O–H groups in total. The van der Waals surface area contributed by atoms with Crippen molar-refractivity contribution < 1.29 is 27.9 Å². The van der Waals surface area contributed by atoms with E-state index in [1.165, 1.54) is 32.2 Å². The summed E-state index contributed by atoms with van der Waals surface area (Å²) in [5.41, 5.74) is 0.667. The Morgan fingerprint density at radius 2 is 1.95 bits per heavy atom. The molecule has 1 aromatic carbocycles. The van der Waals surface area contributed by atoms with Crippen LogP contribution in [0.15, 0.2) is 23.1 Å². The van der Waals surface area contributed by atoms with Gasteiger partial charge in [-0.25, -0.2) is 13.2 Å². The third-order valence-corrected chi connectivity index (χ3v) is 4.15. The van der Waals surface area contributed by atoms with E-state index in [2.05, 4.69) is 4.74 Å². The number of carbonyl (C=O) groups excluding carboxylic acids is 1. The van der Waals surface area contributed by atoms with Gasteiger partial charge in [-0.1, -0.05) is 0 Å². The summed E-state index contributed by atoms with van der Waals surface area (Å²) in [6.45, 7) is 2.78. The first-order valence-electron chi connectivity index (χ1n) is 5.63. The monoisotopic (exact) mass is 301 g/mol. The van der Waals surface area contributed by atoms with Crippen molar-refractivity contribution in [3.05, 3.63) is 29.3 Å². The lowest BCUT2D eigenvalue weighted by Crippen LogP contribution is -2.38. The Balaban J connectivity index is 3.12. The van der Waals surface area contributed by atoms with Crippen molar-refractivity contribution in [2.45, 2.75) is 24.8 Å². The molecular formula is C12H15NO6S. The fraction of sp³-hybridized carbons (Fsp3) is 0.333.